The molecule has 1 aromatic rings. The van der Waals surface area contributed by atoms with Crippen molar-refractivity contribution in [3.05, 3.63) is 35.9 Å². The Kier molecular flexibility index (Phi) is 3.76. The maximum atomic E-state index is 11.9. The number of sulfone groups is 1. The van der Waals surface area contributed by atoms with Gasteiger partial charge in [-0.2, -0.15) is 0 Å². The molecule has 2 N–H and O–H groups in total. The van der Waals surface area contributed by atoms with Crippen LogP contribution in [0.4, 0.5) is 0 Å². The van der Waals surface area contributed by atoms with Crippen molar-refractivity contribution in [1.82, 2.24) is 0 Å². The van der Waals surface area contributed by atoms with Crippen LogP contribution in [-0.4, -0.2) is 19.0 Å². The maximum Gasteiger partial charge on any atom is 0.168 e. The molecule has 0 aromatic heterocycles. The normalized spacial score (nSPS) is 14.8. The molecule has 4 heteroatoms. The lowest BCUT2D eigenvalue weighted by Gasteiger charge is -2.22. The molecule has 0 aliphatic carbocycles. The third kappa shape index (κ3) is 3.06. The van der Waals surface area contributed by atoms with Crippen molar-refractivity contribution in [3.63, 3.8) is 0 Å². The first-order valence-electron chi connectivity index (χ1n) is 5.30. The largest absolute Gasteiger partial charge is 0.313 e. The van der Waals surface area contributed by atoms with Crippen LogP contribution in [0.3, 0.4) is 0 Å². The lowest BCUT2D eigenvalue weighted by Crippen LogP contribution is -2.43. The monoisotopic (exact) mass is 241 g/mol. The Morgan fingerprint density at radius 3 is 2.19 bits per heavy atom. The van der Waals surface area contributed by atoms with Crippen LogP contribution in [0.1, 0.15) is 32.3 Å². The molecule has 0 radical (unpaired) electrons. The van der Waals surface area contributed by atoms with E-state index >= 15 is 0 Å². The Labute approximate surface area is 97.6 Å². The minimum absolute atomic E-state index is 0.0333. The summed E-state index contributed by atoms with van der Waals surface area (Å²) in [4.78, 5) is -1.17. The van der Waals surface area contributed by atoms with Crippen LogP contribution < -0.4 is 5.73 Å². The van der Waals surface area contributed by atoms with E-state index in [1.54, 1.807) is 0 Å². The van der Waals surface area contributed by atoms with Crippen LogP contribution in [0.15, 0.2) is 30.3 Å². The van der Waals surface area contributed by atoms with E-state index in [0.29, 0.717) is 0 Å². The first-order chi connectivity index (χ1) is 7.24. The fourth-order valence-electron chi connectivity index (χ4n) is 1.42. The third-order valence-electron chi connectivity index (χ3n) is 2.64. The van der Waals surface area contributed by atoms with Gasteiger partial charge < -0.3 is 5.73 Å². The summed E-state index contributed by atoms with van der Waals surface area (Å²) in [5.41, 5.74) is 6.68. The molecule has 16 heavy (non-hydrogen) atoms. The molecule has 0 fully saturated rings. The van der Waals surface area contributed by atoms with Crippen LogP contribution in [-0.2, 0) is 9.84 Å². The van der Waals surface area contributed by atoms with Gasteiger partial charge in [0.1, 0.15) is 4.87 Å². The molecule has 1 atom stereocenters. The smallest absolute Gasteiger partial charge is 0.168 e. The second-order valence-electron chi connectivity index (χ2n) is 4.70. The maximum absolute atomic E-state index is 11.9. The van der Waals surface area contributed by atoms with Crippen molar-refractivity contribution in [1.29, 1.82) is 0 Å². The molecule has 1 aromatic carbocycles. The highest BCUT2D eigenvalue weighted by molar-refractivity contribution is 7.92. The molecule has 0 heterocycles. The highest BCUT2D eigenvalue weighted by Crippen LogP contribution is 2.21. The SMILES string of the molecule is C[C@@H](CS(=O)(=O)C(C)(C)N)c1ccccc1. The third-order valence-corrected chi connectivity index (χ3v) is 5.18. The first-order valence-corrected chi connectivity index (χ1v) is 6.95. The Morgan fingerprint density at radius 1 is 1.25 bits per heavy atom. The van der Waals surface area contributed by atoms with Gasteiger partial charge >= 0.3 is 0 Å². The van der Waals surface area contributed by atoms with Crippen molar-refractivity contribution in [2.45, 2.75) is 31.6 Å². The Morgan fingerprint density at radius 2 is 1.75 bits per heavy atom. The minimum atomic E-state index is -3.27. The number of benzene rings is 1. The van der Waals surface area contributed by atoms with Crippen molar-refractivity contribution in [2.24, 2.45) is 5.73 Å². The fraction of sp³-hybridized carbons (Fsp3) is 0.500. The quantitative estimate of drug-likeness (QED) is 0.875. The standard InChI is InChI=1S/C12H19NO2S/c1-10(11-7-5-4-6-8-11)9-16(14,15)12(2,3)13/h4-8,10H,9,13H2,1-3H3/t10-/m0/s1. The van der Waals surface area contributed by atoms with Gasteiger partial charge in [-0.1, -0.05) is 37.3 Å². The molecule has 0 saturated heterocycles. The van der Waals surface area contributed by atoms with E-state index in [4.69, 9.17) is 5.73 Å². The van der Waals surface area contributed by atoms with Crippen molar-refractivity contribution < 1.29 is 8.42 Å². The van der Waals surface area contributed by atoms with Gasteiger partial charge in [0.2, 0.25) is 0 Å². The van der Waals surface area contributed by atoms with Gasteiger partial charge in [-0.15, -0.1) is 0 Å². The van der Waals surface area contributed by atoms with Crippen molar-refractivity contribution in [2.75, 3.05) is 5.75 Å². The van der Waals surface area contributed by atoms with Crippen molar-refractivity contribution >= 4 is 9.84 Å². The molecule has 1 rings (SSSR count). The lowest BCUT2D eigenvalue weighted by atomic mass is 10.0. The summed E-state index contributed by atoms with van der Waals surface area (Å²) < 4.78 is 23.8. The topological polar surface area (TPSA) is 60.2 Å². The van der Waals surface area contributed by atoms with Gasteiger partial charge in [0, 0.05) is 0 Å². The zero-order chi connectivity index (χ0) is 12.4. The Bertz CT molecular complexity index is 432. The summed E-state index contributed by atoms with van der Waals surface area (Å²) >= 11 is 0. The minimum Gasteiger partial charge on any atom is -0.313 e. The van der Waals surface area contributed by atoms with E-state index in [0.717, 1.165) is 5.56 Å². The van der Waals surface area contributed by atoms with Gasteiger partial charge in [0.25, 0.3) is 0 Å². The van der Waals surface area contributed by atoms with Crippen LogP contribution in [0, 0.1) is 0 Å². The molecule has 0 aliphatic heterocycles. The van der Waals surface area contributed by atoms with Crippen molar-refractivity contribution in [3.8, 4) is 0 Å². The fourth-order valence-corrected chi connectivity index (χ4v) is 2.70. The van der Waals surface area contributed by atoms with Gasteiger partial charge in [-0.25, -0.2) is 8.42 Å². The molecule has 0 spiro atoms. The zero-order valence-electron chi connectivity index (χ0n) is 9.97. The molecular weight excluding hydrogens is 222 g/mol. The van der Waals surface area contributed by atoms with Crippen LogP contribution in [0.2, 0.25) is 0 Å². The lowest BCUT2D eigenvalue weighted by molar-refractivity contribution is 0.547. The highest BCUT2D eigenvalue weighted by atomic mass is 32.2. The van der Waals surface area contributed by atoms with E-state index in [2.05, 4.69) is 0 Å². The summed E-state index contributed by atoms with van der Waals surface area (Å²) in [7, 11) is -3.27. The van der Waals surface area contributed by atoms with E-state index in [1.165, 1.54) is 13.8 Å². The summed E-state index contributed by atoms with van der Waals surface area (Å²) in [6, 6.07) is 9.60. The Hall–Kier alpha value is -0.870. The molecule has 0 bridgehead atoms. The first kappa shape index (κ1) is 13.2. The Balaban J connectivity index is 2.85. The molecular formula is C12H19NO2S. The van der Waals surface area contributed by atoms with E-state index in [1.807, 2.05) is 37.3 Å². The van der Waals surface area contributed by atoms with Gasteiger partial charge in [0.15, 0.2) is 9.84 Å². The highest BCUT2D eigenvalue weighted by Gasteiger charge is 2.31. The zero-order valence-corrected chi connectivity index (χ0v) is 10.8. The van der Waals surface area contributed by atoms with Gasteiger partial charge in [-0.3, -0.25) is 0 Å². The number of nitrogens with two attached hydrogens (primary N) is 1. The summed E-state index contributed by atoms with van der Waals surface area (Å²) in [6.45, 7) is 4.96. The average Bonchev–Trinajstić information content (AvgIpc) is 2.16. The van der Waals surface area contributed by atoms with E-state index in [-0.39, 0.29) is 11.7 Å². The molecule has 0 aliphatic rings. The summed E-state index contributed by atoms with van der Waals surface area (Å²) in [5.74, 6) is 0.0505. The predicted molar refractivity (Wildman–Crippen MR) is 66.9 cm³/mol. The number of rotatable bonds is 4. The summed E-state index contributed by atoms with van der Waals surface area (Å²) in [5, 5.41) is 0. The average molecular weight is 241 g/mol. The second kappa shape index (κ2) is 4.55. The van der Waals surface area contributed by atoms with Crippen LogP contribution >= 0.6 is 0 Å². The molecule has 0 unspecified atom stereocenters. The molecule has 90 valence electrons. The second-order valence-corrected chi connectivity index (χ2v) is 7.31. The van der Waals surface area contributed by atoms with E-state index in [9.17, 15) is 8.42 Å². The van der Waals surface area contributed by atoms with E-state index < -0.39 is 14.7 Å². The van der Waals surface area contributed by atoms with Gasteiger partial charge in [-0.05, 0) is 25.3 Å². The number of hydrogen-bond acceptors (Lipinski definition) is 3. The molecule has 3 nitrogen and oxygen atoms in total. The summed E-state index contributed by atoms with van der Waals surface area (Å²) in [6.07, 6.45) is 0. The molecule has 0 amide bonds. The molecule has 0 saturated carbocycles. The predicted octanol–water partition coefficient (Wildman–Crippen LogP) is 1.90. The van der Waals surface area contributed by atoms with Crippen LogP contribution in [0.5, 0.6) is 0 Å². The van der Waals surface area contributed by atoms with Gasteiger partial charge in [0.05, 0.1) is 5.75 Å². The number of hydrogen-bond donors (Lipinski definition) is 1. The van der Waals surface area contributed by atoms with Crippen LogP contribution in [0.25, 0.3) is 0 Å².